The lowest BCUT2D eigenvalue weighted by molar-refractivity contribution is 0.0464. The number of fused-ring (bicyclic) bond motifs is 2. The molecule has 2 unspecified atom stereocenters. The average molecular weight is 389 g/mol. The van der Waals surface area contributed by atoms with Crippen LogP contribution in [0.25, 0.3) is 0 Å². The molecule has 0 radical (unpaired) electrons. The topological polar surface area (TPSA) is 86.5 Å². The molecule has 1 spiro atoms. The Morgan fingerprint density at radius 2 is 2.26 bits per heavy atom. The van der Waals surface area contributed by atoms with Crippen LogP contribution in [-0.4, -0.2) is 34.0 Å². The maximum Gasteiger partial charge on any atom is 0.272 e. The van der Waals surface area contributed by atoms with E-state index in [1.807, 2.05) is 4.90 Å². The number of halogens is 2. The summed E-state index contributed by atoms with van der Waals surface area (Å²) in [6.45, 7) is 0.735. The Morgan fingerprint density at radius 1 is 1.47 bits per heavy atom. The van der Waals surface area contributed by atoms with Crippen molar-refractivity contribution in [1.29, 1.82) is 0 Å². The maximum atomic E-state index is 12.6. The molecule has 1 amide bonds. The number of hydrogen-bond donors (Lipinski definition) is 3. The van der Waals surface area contributed by atoms with E-state index in [1.54, 1.807) is 0 Å². The third-order valence-corrected chi connectivity index (χ3v) is 6.10. The number of aliphatic imine (C=N–C) groups is 1. The van der Waals surface area contributed by atoms with Gasteiger partial charge in [-0.15, -0.1) is 0 Å². The van der Waals surface area contributed by atoms with Gasteiger partial charge in [0.2, 0.25) is 0 Å². The van der Waals surface area contributed by atoms with Gasteiger partial charge in [0.25, 0.3) is 5.91 Å². The van der Waals surface area contributed by atoms with Gasteiger partial charge < -0.3 is 20.9 Å². The first-order valence-corrected chi connectivity index (χ1v) is 7.63. The number of carbonyl (C=O) groups excluding carboxylic acids is 1. The minimum atomic E-state index is -0.474. The molecule has 0 aliphatic carbocycles. The fourth-order valence-corrected chi connectivity index (χ4v) is 4.36. The van der Waals surface area contributed by atoms with Crippen molar-refractivity contribution in [2.45, 2.75) is 24.5 Å². The molecule has 6 nitrogen and oxygen atoms in total. The molecule has 4 N–H and O–H groups in total. The normalized spacial score (nSPS) is 31.7. The number of hydrogen-bond acceptors (Lipinski definition) is 4. The van der Waals surface area contributed by atoms with E-state index in [1.165, 1.54) is 0 Å². The van der Waals surface area contributed by atoms with Crippen LogP contribution in [-0.2, 0) is 0 Å². The second-order valence-corrected chi connectivity index (χ2v) is 6.65. The molecule has 1 aromatic rings. The summed E-state index contributed by atoms with van der Waals surface area (Å²) in [6, 6.07) is -0.153. The van der Waals surface area contributed by atoms with Crippen molar-refractivity contribution >= 4 is 43.7 Å². The second kappa shape index (κ2) is 3.54. The highest BCUT2D eigenvalue weighted by Gasteiger charge is 2.58. The number of aromatic nitrogens is 1. The quantitative estimate of drug-likeness (QED) is 0.628. The van der Waals surface area contributed by atoms with Gasteiger partial charge >= 0.3 is 0 Å². The fraction of sp³-hybridized carbons (Fsp3) is 0.455. The Kier molecular flexibility index (Phi) is 2.20. The number of nitrogens with zero attached hydrogens (tertiary/aromatic N) is 2. The Morgan fingerprint density at radius 3 is 3.05 bits per heavy atom. The summed E-state index contributed by atoms with van der Waals surface area (Å²) in [5.41, 5.74) is 6.88. The number of aromatic amines is 1. The molecule has 19 heavy (non-hydrogen) atoms. The number of H-pyrrole nitrogens is 1. The summed E-state index contributed by atoms with van der Waals surface area (Å²) in [5, 5.41) is 3.22. The summed E-state index contributed by atoms with van der Waals surface area (Å²) < 4.78 is 1.62. The Bertz CT molecular complexity index is 639. The number of amides is 1. The Hall–Kier alpha value is -1.02. The van der Waals surface area contributed by atoms with Gasteiger partial charge in [-0.25, -0.2) is 4.99 Å². The predicted octanol–water partition coefficient (Wildman–Crippen LogP) is 1.44. The zero-order valence-electron chi connectivity index (χ0n) is 9.83. The van der Waals surface area contributed by atoms with Crippen LogP contribution in [0.1, 0.15) is 34.9 Å². The molecule has 0 saturated carbocycles. The summed E-state index contributed by atoms with van der Waals surface area (Å²) in [4.78, 5) is 22.1. The number of nitrogens with two attached hydrogens (primary N) is 1. The van der Waals surface area contributed by atoms with Crippen LogP contribution in [0.4, 0.5) is 0 Å². The molecule has 1 saturated heterocycles. The first-order valence-electron chi connectivity index (χ1n) is 6.05. The van der Waals surface area contributed by atoms with E-state index < -0.39 is 5.66 Å². The van der Waals surface area contributed by atoms with Crippen molar-refractivity contribution < 1.29 is 4.79 Å². The number of carbonyl (C=O) groups is 1. The number of guanidine groups is 1. The molecule has 2 atom stereocenters. The van der Waals surface area contributed by atoms with E-state index in [-0.39, 0.29) is 11.9 Å². The molecule has 100 valence electrons. The van der Waals surface area contributed by atoms with E-state index >= 15 is 0 Å². The maximum absolute atomic E-state index is 12.6. The molecule has 8 heteroatoms. The van der Waals surface area contributed by atoms with Gasteiger partial charge in [-0.2, -0.15) is 0 Å². The van der Waals surface area contributed by atoms with Crippen LogP contribution >= 0.6 is 31.9 Å². The highest BCUT2D eigenvalue weighted by Crippen LogP contribution is 2.51. The van der Waals surface area contributed by atoms with Crippen molar-refractivity contribution in [2.75, 3.05) is 6.54 Å². The van der Waals surface area contributed by atoms with Crippen molar-refractivity contribution in [1.82, 2.24) is 15.2 Å². The zero-order valence-corrected chi connectivity index (χ0v) is 13.0. The Labute approximate surface area is 126 Å². The van der Waals surface area contributed by atoms with Gasteiger partial charge in [0.05, 0.1) is 9.08 Å². The van der Waals surface area contributed by atoms with Gasteiger partial charge in [0, 0.05) is 12.1 Å². The van der Waals surface area contributed by atoms with Crippen molar-refractivity contribution in [3.63, 3.8) is 0 Å². The van der Waals surface area contributed by atoms with Crippen molar-refractivity contribution in [3.8, 4) is 0 Å². The van der Waals surface area contributed by atoms with Crippen LogP contribution < -0.4 is 11.1 Å². The smallest absolute Gasteiger partial charge is 0.272 e. The summed E-state index contributed by atoms with van der Waals surface area (Å²) in [7, 11) is 0. The van der Waals surface area contributed by atoms with Crippen LogP contribution in [0.3, 0.4) is 0 Å². The molecular weight excluding hydrogens is 378 g/mol. The molecule has 4 heterocycles. The van der Waals surface area contributed by atoms with E-state index in [0.717, 1.165) is 34.0 Å². The molecule has 0 aromatic carbocycles. The van der Waals surface area contributed by atoms with Gasteiger partial charge in [0.1, 0.15) is 17.4 Å². The highest BCUT2D eigenvalue weighted by molar-refractivity contribution is 9.13. The van der Waals surface area contributed by atoms with Gasteiger partial charge in [-0.1, -0.05) is 0 Å². The molecule has 3 aliphatic rings. The Balaban J connectivity index is 2.01. The average Bonchev–Trinajstić information content (AvgIpc) is 2.99. The van der Waals surface area contributed by atoms with Crippen LogP contribution in [0, 0.1) is 0 Å². The standard InChI is InChI=1S/C11H11Br2N5O/c12-5-4-6(15-8(5)13)9(19)18-3-1-2-11(18)7(4)16-10(14)17-11/h7,15H,1-3H2,(H3,14,16,17). The molecule has 3 aliphatic heterocycles. The lowest BCUT2D eigenvalue weighted by atomic mass is 9.88. The van der Waals surface area contributed by atoms with Gasteiger partial charge in [0.15, 0.2) is 5.96 Å². The number of rotatable bonds is 0. The lowest BCUT2D eigenvalue weighted by Crippen LogP contribution is -2.61. The minimum absolute atomic E-state index is 0.00699. The summed E-state index contributed by atoms with van der Waals surface area (Å²) in [5.74, 6) is 0.411. The monoisotopic (exact) mass is 387 g/mol. The van der Waals surface area contributed by atoms with E-state index in [0.29, 0.717) is 11.7 Å². The summed E-state index contributed by atoms with van der Waals surface area (Å²) in [6.07, 6.45) is 1.82. The number of nitrogens with one attached hydrogen (secondary N) is 2. The van der Waals surface area contributed by atoms with Crippen LogP contribution in [0.15, 0.2) is 14.1 Å². The second-order valence-electron chi connectivity index (χ2n) is 5.07. The third kappa shape index (κ3) is 1.26. The third-order valence-electron chi connectivity index (χ3n) is 4.15. The lowest BCUT2D eigenvalue weighted by Gasteiger charge is -2.42. The van der Waals surface area contributed by atoms with Crippen molar-refractivity contribution in [3.05, 3.63) is 20.3 Å². The predicted molar refractivity (Wildman–Crippen MR) is 76.7 cm³/mol. The van der Waals surface area contributed by atoms with Crippen LogP contribution in [0.5, 0.6) is 0 Å². The van der Waals surface area contributed by atoms with E-state index in [2.05, 4.69) is 47.2 Å². The first kappa shape index (κ1) is 11.8. The van der Waals surface area contributed by atoms with Gasteiger partial charge in [-0.05, 0) is 44.7 Å². The molecular formula is C11H11Br2N5O. The van der Waals surface area contributed by atoms with Gasteiger partial charge in [-0.3, -0.25) is 4.79 Å². The summed E-state index contributed by atoms with van der Waals surface area (Å²) >= 11 is 6.95. The van der Waals surface area contributed by atoms with E-state index in [9.17, 15) is 4.79 Å². The minimum Gasteiger partial charge on any atom is -0.370 e. The highest BCUT2D eigenvalue weighted by atomic mass is 79.9. The van der Waals surface area contributed by atoms with E-state index in [4.69, 9.17) is 5.73 Å². The van der Waals surface area contributed by atoms with Crippen molar-refractivity contribution in [2.24, 2.45) is 10.7 Å². The van der Waals surface area contributed by atoms with Crippen LogP contribution in [0.2, 0.25) is 0 Å². The largest absolute Gasteiger partial charge is 0.370 e. The molecule has 4 rings (SSSR count). The zero-order chi connectivity index (χ0) is 13.4. The SMILES string of the molecule is NC1=NC2c3c([nH]c(Br)c3Br)C(=O)N3CCCC23N1. The fourth-order valence-electron chi connectivity index (χ4n) is 3.43. The molecule has 0 bridgehead atoms. The molecule has 1 aromatic heterocycles. The first-order chi connectivity index (χ1) is 9.04. The molecule has 1 fully saturated rings.